The van der Waals surface area contributed by atoms with Crippen LogP contribution < -0.4 is 10.2 Å². The van der Waals surface area contributed by atoms with Gasteiger partial charge < -0.3 is 4.74 Å². The standard InChI is InChI=1S/C25H23Br2ClN2O2/c1-25(2,3)19-8-6-18(7-9-19)24(31)30-29-14-17-12-21(26)23(22(27)13-17)32-15-16-4-10-20(28)11-5-16/h4-14H,15H2,1-3H3,(H,30,31)/b29-14-. The van der Waals surface area contributed by atoms with Gasteiger partial charge in [-0.15, -0.1) is 0 Å². The summed E-state index contributed by atoms with van der Waals surface area (Å²) in [5, 5.41) is 4.77. The van der Waals surface area contributed by atoms with E-state index in [1.54, 1.807) is 6.21 Å². The van der Waals surface area contributed by atoms with Gasteiger partial charge in [0, 0.05) is 10.6 Å². The smallest absolute Gasteiger partial charge is 0.271 e. The predicted octanol–water partition coefficient (Wildman–Crippen LogP) is 7.51. The van der Waals surface area contributed by atoms with Gasteiger partial charge in [-0.25, -0.2) is 5.43 Å². The molecule has 0 saturated carbocycles. The van der Waals surface area contributed by atoms with Gasteiger partial charge in [0.15, 0.2) is 0 Å². The van der Waals surface area contributed by atoms with E-state index in [9.17, 15) is 4.79 Å². The van der Waals surface area contributed by atoms with Crippen LogP contribution in [-0.4, -0.2) is 12.1 Å². The highest BCUT2D eigenvalue weighted by Crippen LogP contribution is 2.35. The van der Waals surface area contributed by atoms with Crippen LogP contribution in [0.3, 0.4) is 0 Å². The molecule has 166 valence electrons. The Hall–Kier alpha value is -2.15. The second kappa shape index (κ2) is 10.6. The molecule has 0 atom stereocenters. The Kier molecular flexibility index (Phi) is 8.15. The van der Waals surface area contributed by atoms with Crippen molar-refractivity contribution in [1.82, 2.24) is 5.43 Å². The topological polar surface area (TPSA) is 50.7 Å². The van der Waals surface area contributed by atoms with E-state index >= 15 is 0 Å². The molecule has 3 rings (SSSR count). The Morgan fingerprint density at radius 1 is 1.03 bits per heavy atom. The number of nitrogens with zero attached hydrogens (tertiary/aromatic N) is 1. The van der Waals surface area contributed by atoms with Crippen molar-refractivity contribution in [3.05, 3.63) is 96.9 Å². The average Bonchev–Trinajstić information content (AvgIpc) is 2.74. The monoisotopic (exact) mass is 576 g/mol. The van der Waals surface area contributed by atoms with E-state index in [2.05, 4.69) is 63.2 Å². The first-order valence-electron chi connectivity index (χ1n) is 9.94. The zero-order valence-corrected chi connectivity index (χ0v) is 21.9. The molecular weight excluding hydrogens is 556 g/mol. The summed E-state index contributed by atoms with van der Waals surface area (Å²) in [6.45, 7) is 6.82. The molecule has 0 aliphatic carbocycles. The molecule has 3 aromatic carbocycles. The van der Waals surface area contributed by atoms with Gasteiger partial charge >= 0.3 is 0 Å². The summed E-state index contributed by atoms with van der Waals surface area (Å²) >= 11 is 13.0. The highest BCUT2D eigenvalue weighted by atomic mass is 79.9. The molecule has 0 spiro atoms. The highest BCUT2D eigenvalue weighted by molar-refractivity contribution is 9.11. The molecule has 0 bridgehead atoms. The number of amides is 1. The second-order valence-electron chi connectivity index (χ2n) is 8.26. The van der Waals surface area contributed by atoms with E-state index in [1.165, 1.54) is 5.56 Å². The van der Waals surface area contributed by atoms with E-state index in [1.807, 2.05) is 60.7 Å². The number of hydrogen-bond acceptors (Lipinski definition) is 3. The van der Waals surface area contributed by atoms with Gasteiger partial charge in [0.05, 0.1) is 15.2 Å². The van der Waals surface area contributed by atoms with Crippen molar-refractivity contribution >= 4 is 55.6 Å². The molecule has 32 heavy (non-hydrogen) atoms. The Balaban J connectivity index is 1.62. The van der Waals surface area contributed by atoms with Crippen LogP contribution in [0.4, 0.5) is 0 Å². The van der Waals surface area contributed by atoms with Crippen LogP contribution in [0, 0.1) is 0 Å². The van der Waals surface area contributed by atoms with Crippen molar-refractivity contribution in [3.63, 3.8) is 0 Å². The van der Waals surface area contributed by atoms with Gasteiger partial charge in [-0.2, -0.15) is 5.10 Å². The van der Waals surface area contributed by atoms with Crippen molar-refractivity contribution in [1.29, 1.82) is 0 Å². The van der Waals surface area contributed by atoms with Crippen LogP contribution in [0.25, 0.3) is 0 Å². The van der Waals surface area contributed by atoms with Gasteiger partial charge in [-0.3, -0.25) is 4.79 Å². The van der Waals surface area contributed by atoms with Crippen molar-refractivity contribution in [2.45, 2.75) is 32.8 Å². The molecule has 0 radical (unpaired) electrons. The van der Waals surface area contributed by atoms with Crippen LogP contribution in [0.2, 0.25) is 5.02 Å². The Labute approximate surface area is 210 Å². The Morgan fingerprint density at radius 2 is 1.62 bits per heavy atom. The minimum atomic E-state index is -0.261. The third-order valence-electron chi connectivity index (χ3n) is 4.71. The molecule has 0 aromatic heterocycles. The molecule has 0 heterocycles. The summed E-state index contributed by atoms with van der Waals surface area (Å²) < 4.78 is 7.47. The van der Waals surface area contributed by atoms with Crippen LogP contribution in [0.15, 0.2) is 74.7 Å². The Bertz CT molecular complexity index is 1100. The molecule has 0 unspecified atom stereocenters. The van der Waals surface area contributed by atoms with E-state index in [0.29, 0.717) is 22.9 Å². The molecular formula is C25H23Br2ClN2O2. The summed E-state index contributed by atoms with van der Waals surface area (Å²) in [6, 6.07) is 18.8. The fourth-order valence-corrected chi connectivity index (χ4v) is 4.46. The van der Waals surface area contributed by atoms with Gasteiger partial charge in [-0.1, -0.05) is 56.6 Å². The van der Waals surface area contributed by atoms with Crippen molar-refractivity contribution in [2.24, 2.45) is 5.10 Å². The summed E-state index contributed by atoms with van der Waals surface area (Å²) in [6.07, 6.45) is 1.58. The van der Waals surface area contributed by atoms with Gasteiger partial charge in [0.2, 0.25) is 0 Å². The fraction of sp³-hybridized carbons (Fsp3) is 0.200. The number of rotatable bonds is 6. The number of halogens is 3. The zero-order valence-electron chi connectivity index (χ0n) is 18.0. The number of carbonyl (C=O) groups is 1. The lowest BCUT2D eigenvalue weighted by Gasteiger charge is -2.18. The number of hydrogen-bond donors (Lipinski definition) is 1. The van der Waals surface area contributed by atoms with E-state index in [0.717, 1.165) is 20.1 Å². The minimum Gasteiger partial charge on any atom is -0.487 e. The first-order valence-corrected chi connectivity index (χ1v) is 11.9. The lowest BCUT2D eigenvalue weighted by molar-refractivity contribution is 0.0955. The lowest BCUT2D eigenvalue weighted by Crippen LogP contribution is -2.18. The first-order chi connectivity index (χ1) is 15.1. The second-order valence-corrected chi connectivity index (χ2v) is 10.4. The van der Waals surface area contributed by atoms with E-state index in [4.69, 9.17) is 16.3 Å². The largest absolute Gasteiger partial charge is 0.487 e. The van der Waals surface area contributed by atoms with Gasteiger partial charge in [0.25, 0.3) is 5.91 Å². The van der Waals surface area contributed by atoms with Crippen molar-refractivity contribution in [2.75, 3.05) is 0 Å². The minimum absolute atomic E-state index is 0.0403. The molecule has 4 nitrogen and oxygen atoms in total. The molecule has 1 N–H and O–H groups in total. The van der Waals surface area contributed by atoms with E-state index in [-0.39, 0.29) is 11.3 Å². The predicted molar refractivity (Wildman–Crippen MR) is 138 cm³/mol. The van der Waals surface area contributed by atoms with Crippen molar-refractivity contribution in [3.8, 4) is 5.75 Å². The molecule has 0 aliphatic heterocycles. The maximum Gasteiger partial charge on any atom is 0.271 e. The first kappa shape index (κ1) is 24.5. The summed E-state index contributed by atoms with van der Waals surface area (Å²) in [4.78, 5) is 12.4. The van der Waals surface area contributed by atoms with Crippen LogP contribution in [0.1, 0.15) is 47.8 Å². The van der Waals surface area contributed by atoms with Crippen LogP contribution in [-0.2, 0) is 12.0 Å². The van der Waals surface area contributed by atoms with Crippen LogP contribution >= 0.6 is 43.5 Å². The van der Waals surface area contributed by atoms with E-state index < -0.39 is 0 Å². The number of ether oxygens (including phenoxy) is 1. The quantitative estimate of drug-likeness (QED) is 0.243. The van der Waals surface area contributed by atoms with Gasteiger partial charge in [-0.05, 0) is 90.4 Å². The molecule has 0 fully saturated rings. The number of carbonyl (C=O) groups excluding carboxylic acids is 1. The lowest BCUT2D eigenvalue weighted by atomic mass is 9.87. The maximum absolute atomic E-state index is 12.4. The SMILES string of the molecule is CC(C)(C)c1ccc(C(=O)N/N=C\c2cc(Br)c(OCc3ccc(Cl)cc3)c(Br)c2)cc1. The third-order valence-corrected chi connectivity index (χ3v) is 6.14. The molecule has 0 aliphatic rings. The average molecular weight is 579 g/mol. The summed E-state index contributed by atoms with van der Waals surface area (Å²) in [7, 11) is 0. The van der Waals surface area contributed by atoms with Crippen molar-refractivity contribution < 1.29 is 9.53 Å². The van der Waals surface area contributed by atoms with Crippen LogP contribution in [0.5, 0.6) is 5.75 Å². The summed E-state index contributed by atoms with van der Waals surface area (Å²) in [5.41, 5.74) is 6.15. The third kappa shape index (κ3) is 6.67. The summed E-state index contributed by atoms with van der Waals surface area (Å²) in [5.74, 6) is 0.419. The van der Waals surface area contributed by atoms with Gasteiger partial charge in [0.1, 0.15) is 12.4 Å². The molecule has 7 heteroatoms. The normalized spacial score (nSPS) is 11.6. The molecule has 1 amide bonds. The number of nitrogens with one attached hydrogen (secondary N) is 1. The maximum atomic E-state index is 12.4. The Morgan fingerprint density at radius 3 is 2.19 bits per heavy atom. The number of hydrazone groups is 1. The molecule has 3 aromatic rings. The zero-order chi connectivity index (χ0) is 23.3. The highest BCUT2D eigenvalue weighted by Gasteiger charge is 2.14. The molecule has 0 saturated heterocycles. The fourth-order valence-electron chi connectivity index (χ4n) is 2.88. The number of benzene rings is 3.